The number of fused-ring (bicyclic) bond motifs is 6. The molecular weight excluding hydrogens is 743 g/mol. The number of nitrogens with zero attached hydrogens (tertiary/aromatic N) is 5. The lowest BCUT2D eigenvalue weighted by atomic mass is 10.1. The molecule has 0 bridgehead atoms. The lowest BCUT2D eigenvalue weighted by Crippen LogP contribution is -2.01. The summed E-state index contributed by atoms with van der Waals surface area (Å²) in [4.78, 5) is 0. The maximum Gasteiger partial charge on any atom is 0.168 e. The Labute approximate surface area is 352 Å². The molecule has 286 valence electrons. The van der Waals surface area contributed by atoms with Crippen molar-refractivity contribution < 1.29 is 0 Å². The van der Waals surface area contributed by atoms with E-state index in [-0.39, 0.29) is 0 Å². The van der Waals surface area contributed by atoms with E-state index in [1.54, 1.807) is 0 Å². The lowest BCUT2D eigenvalue weighted by molar-refractivity contribution is 1.07. The Morgan fingerprint density at radius 1 is 0.230 bits per heavy atom. The summed E-state index contributed by atoms with van der Waals surface area (Å²) in [5.74, 6) is 1.54. The van der Waals surface area contributed by atoms with Crippen LogP contribution >= 0.6 is 0 Å². The van der Waals surface area contributed by atoms with E-state index in [1.165, 1.54) is 43.8 Å². The molecule has 0 aliphatic carbocycles. The van der Waals surface area contributed by atoms with Gasteiger partial charge in [-0.3, -0.25) is 4.57 Å². The summed E-state index contributed by atoms with van der Waals surface area (Å²) in [6, 6.07) is 80.0. The molecule has 0 saturated carbocycles. The molecular formula is C56H37N5. The van der Waals surface area contributed by atoms with Crippen molar-refractivity contribution in [1.82, 2.24) is 23.9 Å². The van der Waals surface area contributed by atoms with Crippen LogP contribution < -0.4 is 0 Å². The van der Waals surface area contributed by atoms with E-state index in [4.69, 9.17) is 10.2 Å². The van der Waals surface area contributed by atoms with Crippen LogP contribution in [0.25, 0.3) is 106 Å². The molecule has 0 amide bonds. The standard InChI is InChI=1S/C56H37N5/c1-4-16-38(17-5-1)40-20-14-24-45(34-40)59-51-28-12-10-26-47(51)49-32-30-42(36-53(49)59)55-57-58-56(61(55)44-22-8-3-9-23-44)43-31-33-50-48-27-11-13-29-52(48)60(54(50)37-43)46-25-15-21-41(35-46)39-18-6-2-7-19-39/h1-37H. The van der Waals surface area contributed by atoms with Crippen molar-refractivity contribution in [2.45, 2.75) is 0 Å². The first kappa shape index (κ1) is 34.7. The molecule has 61 heavy (non-hydrogen) atoms. The van der Waals surface area contributed by atoms with E-state index >= 15 is 0 Å². The second kappa shape index (κ2) is 14.2. The fraction of sp³-hybridized carbons (Fsp3) is 0. The van der Waals surface area contributed by atoms with Crippen molar-refractivity contribution in [3.8, 4) is 62.1 Å². The van der Waals surface area contributed by atoms with Gasteiger partial charge in [0.15, 0.2) is 11.6 Å². The molecule has 0 aliphatic rings. The Morgan fingerprint density at radius 3 is 1.08 bits per heavy atom. The number of benzene rings is 9. The summed E-state index contributed by atoms with van der Waals surface area (Å²) < 4.78 is 6.96. The van der Waals surface area contributed by atoms with Crippen LogP contribution in [0.2, 0.25) is 0 Å². The van der Waals surface area contributed by atoms with Gasteiger partial charge in [-0.05, 0) is 82.9 Å². The molecule has 0 saturated heterocycles. The van der Waals surface area contributed by atoms with Crippen molar-refractivity contribution in [3.05, 3.63) is 224 Å². The largest absolute Gasteiger partial charge is 0.309 e. The minimum absolute atomic E-state index is 0.772. The summed E-state index contributed by atoms with van der Waals surface area (Å²) in [5, 5.41) is 14.8. The molecule has 3 aromatic heterocycles. The average Bonchev–Trinajstić information content (AvgIpc) is 4.03. The Balaban J connectivity index is 1.05. The van der Waals surface area contributed by atoms with Crippen molar-refractivity contribution >= 4 is 43.6 Å². The highest BCUT2D eigenvalue weighted by Crippen LogP contribution is 2.39. The second-order valence-corrected chi connectivity index (χ2v) is 15.5. The van der Waals surface area contributed by atoms with Crippen molar-refractivity contribution in [1.29, 1.82) is 0 Å². The Bertz CT molecular complexity index is 3360. The first-order valence-electron chi connectivity index (χ1n) is 20.7. The topological polar surface area (TPSA) is 40.6 Å². The summed E-state index contributed by atoms with van der Waals surface area (Å²) in [7, 11) is 0. The fourth-order valence-corrected chi connectivity index (χ4v) is 9.17. The maximum atomic E-state index is 5.00. The van der Waals surface area contributed by atoms with Gasteiger partial charge in [0.2, 0.25) is 0 Å². The van der Waals surface area contributed by atoms with Crippen molar-refractivity contribution in [3.63, 3.8) is 0 Å². The van der Waals surface area contributed by atoms with Crippen LogP contribution in [0.15, 0.2) is 224 Å². The van der Waals surface area contributed by atoms with Gasteiger partial charge in [-0.25, -0.2) is 0 Å². The zero-order valence-corrected chi connectivity index (χ0v) is 33.1. The first-order chi connectivity index (χ1) is 30.3. The van der Waals surface area contributed by atoms with Crippen LogP contribution in [0.5, 0.6) is 0 Å². The molecule has 5 nitrogen and oxygen atoms in total. The minimum Gasteiger partial charge on any atom is -0.309 e. The second-order valence-electron chi connectivity index (χ2n) is 15.5. The van der Waals surface area contributed by atoms with E-state index in [1.807, 2.05) is 0 Å². The number of para-hydroxylation sites is 3. The molecule has 0 N–H and O–H groups in total. The fourth-order valence-electron chi connectivity index (χ4n) is 9.17. The van der Waals surface area contributed by atoms with Gasteiger partial charge in [0.25, 0.3) is 0 Å². The number of aromatic nitrogens is 5. The molecule has 0 aliphatic heterocycles. The quantitative estimate of drug-likeness (QED) is 0.162. The molecule has 12 aromatic rings. The van der Waals surface area contributed by atoms with E-state index < -0.39 is 0 Å². The number of hydrogen-bond acceptors (Lipinski definition) is 2. The number of rotatable bonds is 7. The molecule has 0 atom stereocenters. The summed E-state index contributed by atoms with van der Waals surface area (Å²) in [6.45, 7) is 0. The Hall–Kier alpha value is -8.28. The third-order valence-electron chi connectivity index (χ3n) is 12.0. The lowest BCUT2D eigenvalue weighted by Gasteiger charge is -2.13. The van der Waals surface area contributed by atoms with Gasteiger partial charge in [0.1, 0.15) is 0 Å². The van der Waals surface area contributed by atoms with Gasteiger partial charge in [0, 0.05) is 49.7 Å². The Morgan fingerprint density at radius 2 is 0.607 bits per heavy atom. The van der Waals surface area contributed by atoms with Crippen molar-refractivity contribution in [2.75, 3.05) is 0 Å². The SMILES string of the molecule is c1ccc(-c2cccc(-n3c4ccccc4c4ccc(-c5nnc(-c6ccc7c8ccccc8n(-c8cccc(-c9ccccc9)c8)c7c6)n5-c5ccccc5)cc43)c2)cc1. The van der Waals surface area contributed by atoms with E-state index in [0.717, 1.165) is 61.9 Å². The van der Waals surface area contributed by atoms with E-state index in [0.29, 0.717) is 0 Å². The normalized spacial score (nSPS) is 11.6. The summed E-state index contributed by atoms with van der Waals surface area (Å²) >= 11 is 0. The zero-order chi connectivity index (χ0) is 40.3. The van der Waals surface area contributed by atoms with Crippen LogP contribution in [-0.2, 0) is 0 Å². The average molecular weight is 780 g/mol. The van der Waals surface area contributed by atoms with E-state index in [2.05, 4.69) is 238 Å². The maximum absolute atomic E-state index is 5.00. The highest BCUT2D eigenvalue weighted by atomic mass is 15.3. The third kappa shape index (κ3) is 5.78. The van der Waals surface area contributed by atoms with Crippen molar-refractivity contribution in [2.24, 2.45) is 0 Å². The van der Waals surface area contributed by atoms with Gasteiger partial charge < -0.3 is 9.13 Å². The monoisotopic (exact) mass is 779 g/mol. The molecule has 0 fully saturated rings. The summed E-state index contributed by atoms with van der Waals surface area (Å²) in [6.07, 6.45) is 0. The molecule has 3 heterocycles. The van der Waals surface area contributed by atoms with E-state index in [9.17, 15) is 0 Å². The predicted octanol–water partition coefficient (Wildman–Crippen LogP) is 14.1. The Kier molecular flexibility index (Phi) is 8.10. The van der Waals surface area contributed by atoms with Crippen LogP contribution in [0, 0.1) is 0 Å². The van der Waals surface area contributed by atoms with Gasteiger partial charge in [-0.2, -0.15) is 0 Å². The van der Waals surface area contributed by atoms with Crippen LogP contribution in [0.3, 0.4) is 0 Å². The molecule has 12 rings (SSSR count). The van der Waals surface area contributed by atoms with Gasteiger partial charge >= 0.3 is 0 Å². The van der Waals surface area contributed by atoms with Gasteiger partial charge in [-0.1, -0.05) is 164 Å². The molecule has 0 unspecified atom stereocenters. The molecule has 5 heteroatoms. The first-order valence-corrected chi connectivity index (χ1v) is 20.7. The predicted molar refractivity (Wildman–Crippen MR) is 252 cm³/mol. The summed E-state index contributed by atoms with van der Waals surface area (Å²) in [5.41, 5.74) is 14.4. The van der Waals surface area contributed by atoms with Crippen LogP contribution in [-0.4, -0.2) is 23.9 Å². The third-order valence-corrected chi connectivity index (χ3v) is 12.0. The van der Waals surface area contributed by atoms with Crippen LogP contribution in [0.1, 0.15) is 0 Å². The number of hydrogen-bond donors (Lipinski definition) is 0. The molecule has 0 radical (unpaired) electrons. The van der Waals surface area contributed by atoms with Gasteiger partial charge in [0.05, 0.1) is 22.1 Å². The smallest absolute Gasteiger partial charge is 0.168 e. The van der Waals surface area contributed by atoms with Crippen LogP contribution in [0.4, 0.5) is 0 Å². The molecule has 9 aromatic carbocycles. The molecule has 0 spiro atoms. The highest BCUT2D eigenvalue weighted by Gasteiger charge is 2.22. The highest BCUT2D eigenvalue weighted by molar-refractivity contribution is 6.11. The minimum atomic E-state index is 0.772. The zero-order valence-electron chi connectivity index (χ0n) is 33.1. The van der Waals surface area contributed by atoms with Gasteiger partial charge in [-0.15, -0.1) is 10.2 Å².